The monoisotopic (exact) mass is 337 g/mol. The van der Waals surface area contributed by atoms with E-state index in [1.54, 1.807) is 10.9 Å². The minimum Gasteiger partial charge on any atom is -0.484 e. The lowest BCUT2D eigenvalue weighted by molar-refractivity contribution is -0.123. The van der Waals surface area contributed by atoms with Gasteiger partial charge in [0.15, 0.2) is 6.61 Å². The van der Waals surface area contributed by atoms with Gasteiger partial charge in [0.05, 0.1) is 6.54 Å². The molecule has 20 heavy (non-hydrogen) atoms. The molecular weight excluding hydrogens is 322 g/mol. The SMILES string of the molecule is CC(Cn1cccn1)NC(=O)COc1ccc(Br)cc1. The molecule has 0 saturated carbocycles. The van der Waals surface area contributed by atoms with Crippen molar-refractivity contribution in [1.29, 1.82) is 0 Å². The summed E-state index contributed by atoms with van der Waals surface area (Å²) >= 11 is 3.34. The van der Waals surface area contributed by atoms with Crippen molar-refractivity contribution in [1.82, 2.24) is 15.1 Å². The first-order valence-corrected chi connectivity index (χ1v) is 7.08. The number of benzene rings is 1. The summed E-state index contributed by atoms with van der Waals surface area (Å²) in [4.78, 5) is 11.7. The second-order valence-corrected chi connectivity index (χ2v) is 5.35. The standard InChI is InChI=1S/C14H16BrN3O2/c1-11(9-18-8-2-7-16-18)17-14(19)10-20-13-5-3-12(15)4-6-13/h2-8,11H,9-10H2,1H3,(H,17,19). The average molecular weight is 338 g/mol. The van der Waals surface area contributed by atoms with Gasteiger partial charge >= 0.3 is 0 Å². The van der Waals surface area contributed by atoms with Crippen molar-refractivity contribution < 1.29 is 9.53 Å². The van der Waals surface area contributed by atoms with Crippen molar-refractivity contribution >= 4 is 21.8 Å². The fraction of sp³-hybridized carbons (Fsp3) is 0.286. The van der Waals surface area contributed by atoms with E-state index in [1.165, 1.54) is 0 Å². The van der Waals surface area contributed by atoms with Gasteiger partial charge in [-0.3, -0.25) is 9.48 Å². The molecular formula is C14H16BrN3O2. The maximum Gasteiger partial charge on any atom is 0.258 e. The number of halogens is 1. The van der Waals surface area contributed by atoms with Crippen LogP contribution < -0.4 is 10.1 Å². The summed E-state index contributed by atoms with van der Waals surface area (Å²) in [6.45, 7) is 2.57. The van der Waals surface area contributed by atoms with Crippen LogP contribution in [0.15, 0.2) is 47.2 Å². The topological polar surface area (TPSA) is 56.2 Å². The number of nitrogens with zero attached hydrogens (tertiary/aromatic N) is 2. The van der Waals surface area contributed by atoms with Gasteiger partial charge in [-0.25, -0.2) is 0 Å². The molecule has 1 heterocycles. The number of hydrogen-bond donors (Lipinski definition) is 1. The molecule has 1 atom stereocenters. The van der Waals surface area contributed by atoms with Gasteiger partial charge in [0, 0.05) is 22.9 Å². The number of ether oxygens (including phenoxy) is 1. The zero-order valence-corrected chi connectivity index (χ0v) is 12.7. The van der Waals surface area contributed by atoms with Gasteiger partial charge in [0.2, 0.25) is 0 Å². The summed E-state index contributed by atoms with van der Waals surface area (Å²) in [5, 5.41) is 6.96. The van der Waals surface area contributed by atoms with E-state index >= 15 is 0 Å². The summed E-state index contributed by atoms with van der Waals surface area (Å²) in [6.07, 6.45) is 3.58. The third-order valence-electron chi connectivity index (χ3n) is 2.61. The van der Waals surface area contributed by atoms with Gasteiger partial charge in [0.1, 0.15) is 5.75 Å². The van der Waals surface area contributed by atoms with Gasteiger partial charge in [-0.1, -0.05) is 15.9 Å². The molecule has 0 fully saturated rings. The van der Waals surface area contributed by atoms with Gasteiger partial charge < -0.3 is 10.1 Å². The van der Waals surface area contributed by atoms with Crippen LogP contribution in [0.1, 0.15) is 6.92 Å². The van der Waals surface area contributed by atoms with Crippen LogP contribution in [0.5, 0.6) is 5.75 Å². The summed E-state index contributed by atoms with van der Waals surface area (Å²) in [5.41, 5.74) is 0. The molecule has 1 unspecified atom stereocenters. The number of carbonyl (C=O) groups is 1. The number of amides is 1. The zero-order chi connectivity index (χ0) is 14.4. The highest BCUT2D eigenvalue weighted by molar-refractivity contribution is 9.10. The third kappa shape index (κ3) is 4.70. The van der Waals surface area contributed by atoms with Crippen LogP contribution >= 0.6 is 15.9 Å². The lowest BCUT2D eigenvalue weighted by Gasteiger charge is -2.14. The summed E-state index contributed by atoms with van der Waals surface area (Å²) < 4.78 is 8.16. The fourth-order valence-corrected chi connectivity index (χ4v) is 2.00. The molecule has 0 saturated heterocycles. The lowest BCUT2D eigenvalue weighted by Crippen LogP contribution is -2.38. The van der Waals surface area contributed by atoms with E-state index in [0.717, 1.165) is 4.47 Å². The van der Waals surface area contributed by atoms with Crippen LogP contribution in [-0.4, -0.2) is 28.3 Å². The van der Waals surface area contributed by atoms with Crippen molar-refractivity contribution in [2.45, 2.75) is 19.5 Å². The van der Waals surface area contributed by atoms with Gasteiger partial charge in [-0.05, 0) is 37.3 Å². The Balaban J connectivity index is 1.73. The molecule has 0 bridgehead atoms. The van der Waals surface area contributed by atoms with Gasteiger partial charge in [-0.15, -0.1) is 0 Å². The van der Waals surface area contributed by atoms with Crippen LogP contribution in [0.3, 0.4) is 0 Å². The minimum atomic E-state index is -0.146. The maximum atomic E-state index is 11.7. The van der Waals surface area contributed by atoms with E-state index in [9.17, 15) is 4.79 Å². The van der Waals surface area contributed by atoms with Crippen molar-refractivity contribution in [2.24, 2.45) is 0 Å². The zero-order valence-electron chi connectivity index (χ0n) is 11.1. The molecule has 6 heteroatoms. The molecule has 0 aliphatic heterocycles. The quantitative estimate of drug-likeness (QED) is 0.879. The molecule has 0 spiro atoms. The fourth-order valence-electron chi connectivity index (χ4n) is 1.73. The highest BCUT2D eigenvalue weighted by atomic mass is 79.9. The molecule has 0 radical (unpaired) electrons. The highest BCUT2D eigenvalue weighted by Gasteiger charge is 2.08. The lowest BCUT2D eigenvalue weighted by atomic mass is 10.3. The first-order valence-electron chi connectivity index (χ1n) is 6.28. The van der Waals surface area contributed by atoms with Crippen molar-refractivity contribution in [3.05, 3.63) is 47.2 Å². The smallest absolute Gasteiger partial charge is 0.258 e. The molecule has 106 valence electrons. The van der Waals surface area contributed by atoms with Crippen LogP contribution in [0.4, 0.5) is 0 Å². The van der Waals surface area contributed by atoms with Crippen molar-refractivity contribution in [3.63, 3.8) is 0 Å². The van der Waals surface area contributed by atoms with E-state index in [0.29, 0.717) is 12.3 Å². The molecule has 1 aromatic carbocycles. The Hall–Kier alpha value is -1.82. The first kappa shape index (κ1) is 14.6. The molecule has 0 aliphatic rings. The van der Waals surface area contributed by atoms with Gasteiger partial charge in [0.25, 0.3) is 5.91 Å². The molecule has 1 N–H and O–H groups in total. The Morgan fingerprint density at radius 3 is 2.85 bits per heavy atom. The Morgan fingerprint density at radius 2 is 2.20 bits per heavy atom. The van der Waals surface area contributed by atoms with Crippen molar-refractivity contribution in [2.75, 3.05) is 6.61 Å². The Morgan fingerprint density at radius 1 is 1.45 bits per heavy atom. The molecule has 2 rings (SSSR count). The number of aromatic nitrogens is 2. The predicted molar refractivity (Wildman–Crippen MR) is 79.5 cm³/mol. The molecule has 1 amide bonds. The first-order chi connectivity index (χ1) is 9.63. The minimum absolute atomic E-state index is 0.00378. The molecule has 1 aromatic heterocycles. The number of carbonyl (C=O) groups excluding carboxylic acids is 1. The normalized spacial score (nSPS) is 11.9. The van der Waals surface area contributed by atoms with E-state index < -0.39 is 0 Å². The number of hydrogen-bond acceptors (Lipinski definition) is 3. The second-order valence-electron chi connectivity index (χ2n) is 4.44. The summed E-state index contributed by atoms with van der Waals surface area (Å²) in [7, 11) is 0. The third-order valence-corrected chi connectivity index (χ3v) is 3.14. The van der Waals surface area contributed by atoms with E-state index in [1.807, 2.05) is 43.5 Å². The summed E-state index contributed by atoms with van der Waals surface area (Å²) in [5.74, 6) is 0.524. The Labute approximate surface area is 126 Å². The predicted octanol–water partition coefficient (Wildman–Crippen LogP) is 2.23. The van der Waals surface area contributed by atoms with Crippen LogP contribution in [0, 0.1) is 0 Å². The van der Waals surface area contributed by atoms with E-state index in [-0.39, 0.29) is 18.6 Å². The number of nitrogens with one attached hydrogen (secondary N) is 1. The molecule has 5 nitrogen and oxygen atoms in total. The summed E-state index contributed by atoms with van der Waals surface area (Å²) in [6, 6.07) is 9.21. The van der Waals surface area contributed by atoms with Crippen LogP contribution in [0.25, 0.3) is 0 Å². The average Bonchev–Trinajstić information content (AvgIpc) is 2.90. The largest absolute Gasteiger partial charge is 0.484 e. The van der Waals surface area contributed by atoms with E-state index in [4.69, 9.17) is 4.74 Å². The molecule has 2 aromatic rings. The Bertz CT molecular complexity index is 540. The van der Waals surface area contributed by atoms with Gasteiger partial charge in [-0.2, -0.15) is 5.10 Å². The van der Waals surface area contributed by atoms with Crippen LogP contribution in [0.2, 0.25) is 0 Å². The highest BCUT2D eigenvalue weighted by Crippen LogP contribution is 2.15. The molecule has 0 aliphatic carbocycles. The van der Waals surface area contributed by atoms with Crippen molar-refractivity contribution in [3.8, 4) is 5.75 Å². The van der Waals surface area contributed by atoms with E-state index in [2.05, 4.69) is 26.3 Å². The van der Waals surface area contributed by atoms with Crippen LogP contribution in [-0.2, 0) is 11.3 Å². The Kier molecular flexibility index (Phi) is 5.17. The number of rotatable bonds is 6. The maximum absolute atomic E-state index is 11.7. The second kappa shape index (κ2) is 7.09.